The zero-order valence-corrected chi connectivity index (χ0v) is 29.5. The number of benzene rings is 2. The number of carbonyl (C=O) groups is 2. The highest BCUT2D eigenvalue weighted by molar-refractivity contribution is 6.03. The molecule has 0 spiro atoms. The average Bonchev–Trinajstić information content (AvgIpc) is 3.79. The predicted octanol–water partition coefficient (Wildman–Crippen LogP) is 8.82. The summed E-state index contributed by atoms with van der Waals surface area (Å²) >= 11 is 0. The highest BCUT2D eigenvalue weighted by Crippen LogP contribution is 2.35. The lowest BCUT2D eigenvalue weighted by molar-refractivity contribution is -0.137. The Kier molecular flexibility index (Phi) is 9.81. The van der Waals surface area contributed by atoms with Gasteiger partial charge in [-0.2, -0.15) is 0 Å². The number of rotatable bonds is 8. The third-order valence-corrected chi connectivity index (χ3v) is 9.24. The van der Waals surface area contributed by atoms with Gasteiger partial charge in [0.15, 0.2) is 0 Å². The van der Waals surface area contributed by atoms with E-state index in [2.05, 4.69) is 93.5 Å². The van der Waals surface area contributed by atoms with Crippen molar-refractivity contribution in [3.05, 3.63) is 72.3 Å². The van der Waals surface area contributed by atoms with Gasteiger partial charge in [0.1, 0.15) is 11.4 Å². The van der Waals surface area contributed by atoms with Crippen LogP contribution < -0.4 is 5.32 Å². The Morgan fingerprint density at radius 2 is 1.51 bits per heavy atom. The fourth-order valence-electron chi connectivity index (χ4n) is 6.26. The first-order valence-corrected chi connectivity index (χ1v) is 16.9. The van der Waals surface area contributed by atoms with E-state index in [1.165, 1.54) is 0 Å². The molecule has 2 N–H and O–H groups in total. The van der Waals surface area contributed by atoms with Crippen LogP contribution in [0.4, 0.5) is 4.79 Å². The van der Waals surface area contributed by atoms with Crippen LogP contribution in [0.1, 0.15) is 99.0 Å². The summed E-state index contributed by atoms with van der Waals surface area (Å²) in [4.78, 5) is 40.7. The first-order valence-electron chi connectivity index (χ1n) is 16.9. The molecule has 1 saturated heterocycles. The van der Waals surface area contributed by atoms with E-state index in [0.29, 0.717) is 12.3 Å². The molecule has 47 heavy (non-hydrogen) atoms. The molecule has 8 heteroatoms. The molecule has 0 aliphatic carbocycles. The van der Waals surface area contributed by atoms with Crippen molar-refractivity contribution in [2.45, 2.75) is 99.3 Å². The predicted molar refractivity (Wildman–Crippen MR) is 190 cm³/mol. The Bertz CT molecular complexity index is 1640. The monoisotopic (exact) mass is 637 g/mol. The third-order valence-electron chi connectivity index (χ3n) is 9.24. The van der Waals surface area contributed by atoms with Gasteiger partial charge in [-0.3, -0.25) is 9.79 Å². The first kappa shape index (κ1) is 34.1. The van der Waals surface area contributed by atoms with Crippen molar-refractivity contribution in [3.63, 3.8) is 0 Å². The molecule has 1 aromatic heterocycles. The van der Waals surface area contributed by atoms with Gasteiger partial charge in [0, 0.05) is 30.8 Å². The number of aliphatic imine (C=N–C) groups is 1. The summed E-state index contributed by atoms with van der Waals surface area (Å²) in [5.41, 5.74) is 6.64. The summed E-state index contributed by atoms with van der Waals surface area (Å²) in [5.74, 6) is 1.40. The zero-order chi connectivity index (χ0) is 34.1. The number of ether oxygens (including phenoxy) is 1. The molecule has 5 rings (SSSR count). The van der Waals surface area contributed by atoms with Crippen molar-refractivity contribution in [3.8, 4) is 22.4 Å². The van der Waals surface area contributed by atoms with Crippen LogP contribution in [0.25, 0.3) is 28.0 Å². The lowest BCUT2D eigenvalue weighted by atomic mass is 9.82. The summed E-state index contributed by atoms with van der Waals surface area (Å²) < 4.78 is 5.53. The number of aromatic amines is 1. The smallest absolute Gasteiger partial charge is 0.408 e. The number of hydrogen-bond acceptors (Lipinski definition) is 5. The van der Waals surface area contributed by atoms with Gasteiger partial charge in [0.25, 0.3) is 0 Å². The summed E-state index contributed by atoms with van der Waals surface area (Å²) in [6, 6.07) is 16.8. The topological polar surface area (TPSA) is 99.7 Å². The summed E-state index contributed by atoms with van der Waals surface area (Å²) in [6.45, 7) is 18.9. The van der Waals surface area contributed by atoms with Crippen LogP contribution in [0, 0.1) is 17.3 Å². The van der Waals surface area contributed by atoms with Gasteiger partial charge in [-0.05, 0) is 72.8 Å². The molecule has 2 aliphatic heterocycles. The number of imidazole rings is 1. The number of H-pyrrole nitrogens is 1. The number of alkyl carbamates (subject to hydrolysis) is 1. The second kappa shape index (κ2) is 13.5. The molecular weight excluding hydrogens is 586 g/mol. The minimum atomic E-state index is -0.565. The van der Waals surface area contributed by atoms with Gasteiger partial charge in [-0.25, -0.2) is 9.78 Å². The van der Waals surface area contributed by atoms with Crippen molar-refractivity contribution in [1.82, 2.24) is 20.2 Å². The quantitative estimate of drug-likeness (QED) is 0.258. The van der Waals surface area contributed by atoms with Crippen LogP contribution in [0.15, 0.2) is 65.9 Å². The van der Waals surface area contributed by atoms with E-state index in [-0.39, 0.29) is 29.3 Å². The molecule has 3 atom stereocenters. The normalized spacial score (nSPS) is 18.2. The van der Waals surface area contributed by atoms with Crippen molar-refractivity contribution in [1.29, 1.82) is 0 Å². The maximum atomic E-state index is 13.1. The van der Waals surface area contributed by atoms with Crippen LogP contribution in [0.3, 0.4) is 0 Å². The fourth-order valence-corrected chi connectivity index (χ4v) is 6.26. The van der Waals surface area contributed by atoms with Gasteiger partial charge < -0.3 is 19.9 Å². The average molecular weight is 638 g/mol. The van der Waals surface area contributed by atoms with Crippen LogP contribution in [-0.2, 0) is 9.53 Å². The minimum absolute atomic E-state index is 0.00118. The van der Waals surface area contributed by atoms with Gasteiger partial charge in [0.2, 0.25) is 5.91 Å². The van der Waals surface area contributed by atoms with Crippen LogP contribution in [0.5, 0.6) is 0 Å². The Labute approximate surface area is 280 Å². The molecule has 0 radical (unpaired) electrons. The second-order valence-electron chi connectivity index (χ2n) is 15.5. The number of nitrogens with one attached hydrogen (secondary N) is 2. The molecule has 8 nitrogen and oxygen atoms in total. The lowest BCUT2D eigenvalue weighted by Gasteiger charge is -2.32. The summed E-state index contributed by atoms with van der Waals surface area (Å²) in [7, 11) is 0. The van der Waals surface area contributed by atoms with Gasteiger partial charge in [0.05, 0.1) is 24.0 Å². The van der Waals surface area contributed by atoms with E-state index in [1.807, 2.05) is 45.0 Å². The molecule has 3 heterocycles. The van der Waals surface area contributed by atoms with Crippen molar-refractivity contribution < 1.29 is 14.3 Å². The molecule has 3 aromatic rings. The lowest BCUT2D eigenvalue weighted by Crippen LogP contribution is -2.50. The van der Waals surface area contributed by atoms with E-state index in [9.17, 15) is 9.59 Å². The van der Waals surface area contributed by atoms with E-state index in [0.717, 1.165) is 64.4 Å². The summed E-state index contributed by atoms with van der Waals surface area (Å²) in [6.07, 6.45) is 5.97. The number of nitrogens with zero attached hydrogens (tertiary/aromatic N) is 3. The van der Waals surface area contributed by atoms with E-state index < -0.39 is 11.7 Å². The molecule has 1 fully saturated rings. The van der Waals surface area contributed by atoms with E-state index in [1.54, 1.807) is 0 Å². The number of aromatic nitrogens is 2. The molecule has 250 valence electrons. The maximum absolute atomic E-state index is 13.1. The van der Waals surface area contributed by atoms with Crippen LogP contribution >= 0.6 is 0 Å². The number of amides is 2. The van der Waals surface area contributed by atoms with E-state index >= 15 is 0 Å². The molecule has 2 amide bonds. The number of carbonyl (C=O) groups excluding carboxylic acids is 2. The second-order valence-corrected chi connectivity index (χ2v) is 15.5. The van der Waals surface area contributed by atoms with E-state index in [4.69, 9.17) is 14.7 Å². The largest absolute Gasteiger partial charge is 0.444 e. The molecule has 0 unspecified atom stereocenters. The summed E-state index contributed by atoms with van der Waals surface area (Å²) in [5, 5.41) is 3.06. The Morgan fingerprint density at radius 3 is 2.09 bits per heavy atom. The molecule has 0 saturated carbocycles. The van der Waals surface area contributed by atoms with Gasteiger partial charge >= 0.3 is 6.09 Å². The number of allylic oxidation sites excluding steroid dienone is 1. The maximum Gasteiger partial charge on any atom is 0.408 e. The van der Waals surface area contributed by atoms with Crippen LogP contribution in [0.2, 0.25) is 0 Å². The molecular formula is C39H51N5O3. The van der Waals surface area contributed by atoms with Gasteiger partial charge in [-0.15, -0.1) is 0 Å². The first-order chi connectivity index (χ1) is 22.1. The molecule has 2 aromatic carbocycles. The van der Waals surface area contributed by atoms with Crippen molar-refractivity contribution in [2.75, 3.05) is 6.54 Å². The fraction of sp³-hybridized carbons (Fsp3) is 0.487. The third kappa shape index (κ3) is 8.03. The Balaban J connectivity index is 1.22. The highest BCUT2D eigenvalue weighted by atomic mass is 16.6. The number of hydrogen-bond donors (Lipinski definition) is 2. The van der Waals surface area contributed by atoms with Gasteiger partial charge in [-0.1, -0.05) is 90.1 Å². The Hall–Kier alpha value is -4.20. The standard InChI is InChI=1S/C39H51N5O3/c1-24(2)25(3)36(45)44-20-10-11-33(44)35-41-23-32(42-35)29-18-16-27(17-19-29)26-12-14-28(15-13-26)30-21-31(40-22-30)34(38(4,5)6)43-37(46)47-39(7,8)9/h12-19,22-25,33-34H,10-11,20-21H2,1-9H3,(H,41,42)(H,43,46)/t25-,33-,34+/m0/s1. The van der Waals surface area contributed by atoms with Crippen molar-refractivity contribution in [2.24, 2.45) is 22.2 Å². The molecule has 2 aliphatic rings. The zero-order valence-electron chi connectivity index (χ0n) is 29.5. The highest BCUT2D eigenvalue weighted by Gasteiger charge is 2.36. The Morgan fingerprint density at radius 1 is 0.915 bits per heavy atom. The SMILES string of the molecule is CC(C)[C@H](C)C(=O)N1CCC[C@H]1c1ncc(-c2ccc(-c3ccc(C4=CN=C([C@@H](NC(=O)OC(C)(C)C)C(C)(C)C)C4)cc3)cc2)[nH]1. The number of likely N-dealkylation sites (tertiary alicyclic amines) is 1. The van der Waals surface area contributed by atoms with Crippen molar-refractivity contribution >= 4 is 23.3 Å². The van der Waals surface area contributed by atoms with Crippen LogP contribution in [-0.4, -0.2) is 50.8 Å². The molecule has 0 bridgehead atoms. The minimum Gasteiger partial charge on any atom is -0.444 e.